The van der Waals surface area contributed by atoms with E-state index in [9.17, 15) is 0 Å². The van der Waals surface area contributed by atoms with E-state index in [0.29, 0.717) is 6.04 Å². The Kier molecular flexibility index (Phi) is 7.58. The molecule has 0 saturated heterocycles. The normalized spacial score (nSPS) is 15.6. The smallest absolute Gasteiger partial charge is 0.414 e. The molecule has 5 nitrogen and oxygen atoms in total. The fourth-order valence-corrected chi connectivity index (χ4v) is 2.94. The van der Waals surface area contributed by atoms with Gasteiger partial charge in [0.2, 0.25) is 0 Å². The van der Waals surface area contributed by atoms with Crippen molar-refractivity contribution >= 4 is 18.0 Å². The standard InChI is InChI=1S/C19H21N.C2H2O4/c1-2-8-16(9-3-1)10-7-15-20-19-14-6-12-17-11-4-5-13-18(17)19;3-1(4)2(5)6/h1-5,7-11,13,19-20H,6,12,14-15H2;(H,3,4)(H,5,6)/b10-7+;. The van der Waals surface area contributed by atoms with Crippen molar-refractivity contribution < 1.29 is 19.8 Å². The second kappa shape index (κ2) is 10.2. The van der Waals surface area contributed by atoms with Gasteiger partial charge in [0.1, 0.15) is 0 Å². The molecule has 26 heavy (non-hydrogen) atoms. The van der Waals surface area contributed by atoms with E-state index in [-0.39, 0.29) is 0 Å². The third kappa shape index (κ3) is 6.18. The van der Waals surface area contributed by atoms with Gasteiger partial charge in [-0.05, 0) is 36.0 Å². The molecule has 0 aromatic heterocycles. The zero-order valence-corrected chi connectivity index (χ0v) is 14.5. The highest BCUT2D eigenvalue weighted by Gasteiger charge is 2.18. The highest BCUT2D eigenvalue weighted by Crippen LogP contribution is 2.29. The topological polar surface area (TPSA) is 86.6 Å². The zero-order chi connectivity index (χ0) is 18.8. The van der Waals surface area contributed by atoms with Crippen LogP contribution in [0.15, 0.2) is 60.7 Å². The molecule has 5 heteroatoms. The van der Waals surface area contributed by atoms with Crippen molar-refractivity contribution in [2.75, 3.05) is 6.54 Å². The Morgan fingerprint density at radius 2 is 1.65 bits per heavy atom. The molecule has 2 aromatic rings. The first-order chi connectivity index (χ1) is 12.6. The summed E-state index contributed by atoms with van der Waals surface area (Å²) < 4.78 is 0. The van der Waals surface area contributed by atoms with E-state index >= 15 is 0 Å². The van der Waals surface area contributed by atoms with Crippen molar-refractivity contribution in [2.45, 2.75) is 25.3 Å². The number of carboxylic acids is 2. The first-order valence-electron chi connectivity index (χ1n) is 8.57. The summed E-state index contributed by atoms with van der Waals surface area (Å²) in [7, 11) is 0. The fourth-order valence-electron chi connectivity index (χ4n) is 2.94. The van der Waals surface area contributed by atoms with Crippen LogP contribution in [0.3, 0.4) is 0 Å². The van der Waals surface area contributed by atoms with Crippen LogP contribution in [0, 0.1) is 0 Å². The number of carboxylic acid groups (broad SMARTS) is 2. The molecular formula is C21H23NO4. The molecular weight excluding hydrogens is 330 g/mol. The first-order valence-corrected chi connectivity index (χ1v) is 8.57. The van der Waals surface area contributed by atoms with Crippen LogP contribution >= 0.6 is 0 Å². The zero-order valence-electron chi connectivity index (χ0n) is 14.5. The summed E-state index contributed by atoms with van der Waals surface area (Å²) in [6.07, 6.45) is 8.16. The highest BCUT2D eigenvalue weighted by atomic mass is 16.4. The van der Waals surface area contributed by atoms with Gasteiger partial charge in [0.05, 0.1) is 0 Å². The number of carbonyl (C=O) groups is 2. The maximum atomic E-state index is 9.10. The summed E-state index contributed by atoms with van der Waals surface area (Å²) in [5, 5.41) is 18.4. The monoisotopic (exact) mass is 353 g/mol. The van der Waals surface area contributed by atoms with E-state index in [1.54, 1.807) is 0 Å². The van der Waals surface area contributed by atoms with E-state index in [4.69, 9.17) is 19.8 Å². The lowest BCUT2D eigenvalue weighted by Crippen LogP contribution is -2.25. The van der Waals surface area contributed by atoms with Crippen molar-refractivity contribution in [3.63, 3.8) is 0 Å². The summed E-state index contributed by atoms with van der Waals surface area (Å²) >= 11 is 0. The number of aryl methyl sites for hydroxylation is 1. The molecule has 0 heterocycles. The van der Waals surface area contributed by atoms with Crippen LogP contribution < -0.4 is 5.32 Å². The molecule has 1 atom stereocenters. The lowest BCUT2D eigenvalue weighted by Gasteiger charge is -2.26. The second-order valence-electron chi connectivity index (χ2n) is 5.98. The van der Waals surface area contributed by atoms with Gasteiger partial charge in [-0.2, -0.15) is 0 Å². The van der Waals surface area contributed by atoms with E-state index in [0.717, 1.165) is 6.54 Å². The van der Waals surface area contributed by atoms with Crippen LogP contribution in [-0.4, -0.2) is 28.7 Å². The van der Waals surface area contributed by atoms with Crippen LogP contribution in [0.1, 0.15) is 35.6 Å². The Bertz CT molecular complexity index is 744. The van der Waals surface area contributed by atoms with Gasteiger partial charge in [0, 0.05) is 12.6 Å². The average molecular weight is 353 g/mol. The number of nitrogens with one attached hydrogen (secondary N) is 1. The fraction of sp³-hybridized carbons (Fsp3) is 0.238. The predicted molar refractivity (Wildman–Crippen MR) is 101 cm³/mol. The third-order valence-electron chi connectivity index (χ3n) is 4.14. The number of fused-ring (bicyclic) bond motifs is 1. The van der Waals surface area contributed by atoms with Crippen LogP contribution in [0.25, 0.3) is 6.08 Å². The van der Waals surface area contributed by atoms with Gasteiger partial charge < -0.3 is 15.5 Å². The molecule has 1 unspecified atom stereocenters. The minimum atomic E-state index is -1.82. The predicted octanol–water partition coefficient (Wildman–Crippen LogP) is 3.52. The lowest BCUT2D eigenvalue weighted by atomic mass is 9.88. The van der Waals surface area contributed by atoms with Crippen molar-refractivity contribution in [1.29, 1.82) is 0 Å². The molecule has 0 bridgehead atoms. The van der Waals surface area contributed by atoms with Crippen molar-refractivity contribution in [3.8, 4) is 0 Å². The molecule has 0 spiro atoms. The minimum absolute atomic E-state index is 0.514. The molecule has 136 valence electrons. The van der Waals surface area contributed by atoms with Crippen LogP contribution in [0.5, 0.6) is 0 Å². The number of hydrogen-bond acceptors (Lipinski definition) is 3. The molecule has 1 aliphatic rings. The average Bonchev–Trinajstić information content (AvgIpc) is 2.66. The van der Waals surface area contributed by atoms with Crippen LogP contribution in [0.2, 0.25) is 0 Å². The van der Waals surface area contributed by atoms with Crippen molar-refractivity contribution in [2.24, 2.45) is 0 Å². The van der Waals surface area contributed by atoms with Gasteiger partial charge >= 0.3 is 11.9 Å². The summed E-state index contributed by atoms with van der Waals surface area (Å²) in [4.78, 5) is 18.2. The van der Waals surface area contributed by atoms with E-state index in [1.807, 2.05) is 0 Å². The SMILES string of the molecule is C(=C\c1ccccc1)/CNC1CCCc2ccccc21.O=C(O)C(=O)O. The molecule has 0 fully saturated rings. The number of rotatable bonds is 4. The Morgan fingerprint density at radius 3 is 2.35 bits per heavy atom. The molecule has 0 radical (unpaired) electrons. The summed E-state index contributed by atoms with van der Waals surface area (Å²) in [5.74, 6) is -3.65. The molecule has 1 aliphatic carbocycles. The van der Waals surface area contributed by atoms with Gasteiger partial charge in [-0.15, -0.1) is 0 Å². The van der Waals surface area contributed by atoms with Crippen LogP contribution in [0.4, 0.5) is 0 Å². The summed E-state index contributed by atoms with van der Waals surface area (Å²) in [6, 6.07) is 19.8. The van der Waals surface area contributed by atoms with Gasteiger partial charge in [-0.3, -0.25) is 0 Å². The maximum Gasteiger partial charge on any atom is 0.414 e. The molecule has 3 N–H and O–H groups in total. The summed E-state index contributed by atoms with van der Waals surface area (Å²) in [6.45, 7) is 0.924. The second-order valence-corrected chi connectivity index (χ2v) is 5.98. The Balaban J connectivity index is 0.000000352. The maximum absolute atomic E-state index is 9.10. The van der Waals surface area contributed by atoms with Crippen molar-refractivity contribution in [3.05, 3.63) is 77.4 Å². The Hall–Kier alpha value is -2.92. The molecule has 2 aromatic carbocycles. The Labute approximate surface area is 153 Å². The highest BCUT2D eigenvalue weighted by molar-refractivity contribution is 6.27. The largest absolute Gasteiger partial charge is 0.473 e. The van der Waals surface area contributed by atoms with E-state index in [2.05, 4.69) is 72.1 Å². The quantitative estimate of drug-likeness (QED) is 0.732. The number of hydrogen-bond donors (Lipinski definition) is 3. The molecule has 0 saturated carbocycles. The van der Waals surface area contributed by atoms with Gasteiger partial charge in [0.15, 0.2) is 0 Å². The number of benzene rings is 2. The Morgan fingerprint density at radius 1 is 1.00 bits per heavy atom. The lowest BCUT2D eigenvalue weighted by molar-refractivity contribution is -0.159. The van der Waals surface area contributed by atoms with E-state index in [1.165, 1.54) is 36.0 Å². The minimum Gasteiger partial charge on any atom is -0.473 e. The third-order valence-corrected chi connectivity index (χ3v) is 4.14. The van der Waals surface area contributed by atoms with Crippen molar-refractivity contribution in [1.82, 2.24) is 5.32 Å². The molecule has 0 amide bonds. The van der Waals surface area contributed by atoms with Gasteiger partial charge in [-0.25, -0.2) is 9.59 Å². The first kappa shape index (κ1) is 19.4. The molecule has 3 rings (SSSR count). The number of aliphatic carboxylic acids is 2. The van der Waals surface area contributed by atoms with Gasteiger partial charge in [-0.1, -0.05) is 66.7 Å². The summed E-state index contributed by atoms with van der Waals surface area (Å²) in [5.41, 5.74) is 4.27. The van der Waals surface area contributed by atoms with Gasteiger partial charge in [0.25, 0.3) is 0 Å². The molecule has 0 aliphatic heterocycles. The van der Waals surface area contributed by atoms with E-state index < -0.39 is 11.9 Å². The van der Waals surface area contributed by atoms with Crippen LogP contribution in [-0.2, 0) is 16.0 Å².